The van der Waals surface area contributed by atoms with Crippen LogP contribution in [-0.2, 0) is 14.8 Å². The summed E-state index contributed by atoms with van der Waals surface area (Å²) in [5.74, 6) is 0.707. The minimum absolute atomic E-state index is 0.0328. The highest BCUT2D eigenvalue weighted by Crippen LogP contribution is 2.38. The summed E-state index contributed by atoms with van der Waals surface area (Å²) in [6.07, 6.45) is 0. The average molecular weight is 390 g/mol. The predicted octanol–water partition coefficient (Wildman–Crippen LogP) is 2.64. The van der Waals surface area contributed by atoms with Crippen LogP contribution in [0.5, 0.6) is 11.5 Å². The number of hydrogen-bond acceptors (Lipinski definition) is 5. The topological polar surface area (TPSA) is 84.9 Å². The van der Waals surface area contributed by atoms with E-state index >= 15 is 0 Å². The number of anilines is 2. The van der Waals surface area contributed by atoms with Crippen LogP contribution in [0.4, 0.5) is 11.4 Å². The maximum absolute atomic E-state index is 12.3. The van der Waals surface area contributed by atoms with E-state index in [2.05, 4.69) is 4.72 Å². The Morgan fingerprint density at radius 3 is 2.56 bits per heavy atom. The Bertz CT molecular complexity index is 942. The molecule has 0 bridgehead atoms. The Labute approximate surface area is 158 Å². The molecule has 1 aliphatic rings. The molecule has 0 unspecified atom stereocenters. The van der Waals surface area contributed by atoms with Gasteiger partial charge in [-0.25, -0.2) is 8.42 Å². The van der Waals surface area contributed by atoms with Crippen LogP contribution in [-0.4, -0.2) is 39.3 Å². The van der Waals surface area contributed by atoms with Crippen LogP contribution in [0.15, 0.2) is 48.5 Å². The van der Waals surface area contributed by atoms with Crippen molar-refractivity contribution in [1.29, 1.82) is 0 Å². The van der Waals surface area contributed by atoms with Crippen molar-refractivity contribution in [3.63, 3.8) is 0 Å². The van der Waals surface area contributed by atoms with E-state index in [-0.39, 0.29) is 18.3 Å². The van der Waals surface area contributed by atoms with Crippen LogP contribution in [0.25, 0.3) is 0 Å². The number of carbonyl (C=O) groups excluding carboxylic acids is 1. The third-order valence-corrected chi connectivity index (χ3v) is 5.39. The zero-order chi connectivity index (χ0) is 19.7. The first-order valence-electron chi connectivity index (χ1n) is 8.47. The van der Waals surface area contributed by atoms with E-state index in [1.54, 1.807) is 51.2 Å². The molecule has 3 rings (SSSR count). The zero-order valence-electron chi connectivity index (χ0n) is 15.4. The molecule has 8 heteroatoms. The Morgan fingerprint density at radius 2 is 1.85 bits per heavy atom. The van der Waals surface area contributed by atoms with Crippen molar-refractivity contribution in [3.8, 4) is 11.5 Å². The second-order valence-corrected chi connectivity index (χ2v) is 8.58. The molecule has 0 radical (unpaired) electrons. The minimum atomic E-state index is -3.60. The van der Waals surface area contributed by atoms with Gasteiger partial charge in [0, 0.05) is 13.1 Å². The fourth-order valence-corrected chi connectivity index (χ4v) is 3.68. The number of nitrogens with one attached hydrogen (secondary N) is 1. The maximum Gasteiger partial charge on any atom is 0.270 e. The molecular formula is C19H22N2O5S. The average Bonchev–Trinajstić information content (AvgIpc) is 2.60. The van der Waals surface area contributed by atoms with Gasteiger partial charge in [-0.05, 0) is 38.1 Å². The van der Waals surface area contributed by atoms with Crippen molar-refractivity contribution in [3.05, 3.63) is 48.5 Å². The lowest BCUT2D eigenvalue weighted by molar-refractivity contribution is -0.132. The second-order valence-electron chi connectivity index (χ2n) is 6.74. The number of para-hydroxylation sites is 1. The van der Waals surface area contributed by atoms with Gasteiger partial charge >= 0.3 is 0 Å². The normalized spacial score (nSPS) is 15.7. The number of nitrogens with zero attached hydrogens (tertiary/aromatic N) is 1. The molecule has 144 valence electrons. The molecule has 0 saturated carbocycles. The van der Waals surface area contributed by atoms with Gasteiger partial charge in [-0.2, -0.15) is 0 Å². The Hall–Kier alpha value is -2.74. The fourth-order valence-electron chi connectivity index (χ4n) is 2.78. The van der Waals surface area contributed by atoms with Crippen LogP contribution in [0.1, 0.15) is 13.8 Å². The van der Waals surface area contributed by atoms with E-state index in [0.29, 0.717) is 22.9 Å². The van der Waals surface area contributed by atoms with Gasteiger partial charge in [-0.15, -0.1) is 0 Å². The first-order valence-corrected chi connectivity index (χ1v) is 10.1. The van der Waals surface area contributed by atoms with Crippen LogP contribution in [0.2, 0.25) is 0 Å². The summed E-state index contributed by atoms with van der Waals surface area (Å²) >= 11 is 0. The van der Waals surface area contributed by atoms with Gasteiger partial charge in [0.15, 0.2) is 5.60 Å². The lowest BCUT2D eigenvalue weighted by Gasteiger charge is -2.37. The highest BCUT2D eigenvalue weighted by Gasteiger charge is 2.39. The molecule has 0 saturated heterocycles. The van der Waals surface area contributed by atoms with Crippen molar-refractivity contribution in [2.24, 2.45) is 0 Å². The lowest BCUT2D eigenvalue weighted by atomic mass is 10.0. The summed E-state index contributed by atoms with van der Waals surface area (Å²) < 4.78 is 38.3. The van der Waals surface area contributed by atoms with Gasteiger partial charge < -0.3 is 14.4 Å². The predicted molar refractivity (Wildman–Crippen MR) is 104 cm³/mol. The first-order chi connectivity index (χ1) is 12.7. The fraction of sp³-hybridized carbons (Fsp3) is 0.316. The molecule has 0 atom stereocenters. The summed E-state index contributed by atoms with van der Waals surface area (Å²) in [5, 5.41) is 0. The molecule has 0 aliphatic carbocycles. The zero-order valence-corrected chi connectivity index (χ0v) is 16.2. The number of sulfonamides is 1. The number of fused-ring (bicyclic) bond motifs is 1. The Kier molecular flexibility index (Phi) is 5.01. The molecular weight excluding hydrogens is 368 g/mol. The molecule has 1 heterocycles. The SMILES string of the molecule is CN1C(=O)C(C)(C)Oc2cc(NS(=O)(=O)CCOc3ccccc3)ccc21. The highest BCUT2D eigenvalue weighted by molar-refractivity contribution is 7.92. The van der Waals surface area contributed by atoms with E-state index in [4.69, 9.17) is 9.47 Å². The number of carbonyl (C=O) groups is 1. The largest absolute Gasteiger partial charge is 0.492 e. The highest BCUT2D eigenvalue weighted by atomic mass is 32.2. The summed E-state index contributed by atoms with van der Waals surface area (Å²) in [4.78, 5) is 13.7. The van der Waals surface area contributed by atoms with Crippen LogP contribution in [0, 0.1) is 0 Å². The molecule has 2 aromatic rings. The summed E-state index contributed by atoms with van der Waals surface area (Å²) in [6.45, 7) is 3.38. The van der Waals surface area contributed by atoms with Crippen LogP contribution in [0.3, 0.4) is 0 Å². The van der Waals surface area contributed by atoms with Gasteiger partial charge in [0.1, 0.15) is 23.9 Å². The van der Waals surface area contributed by atoms with Gasteiger partial charge in [-0.1, -0.05) is 18.2 Å². The van der Waals surface area contributed by atoms with Crippen molar-refractivity contribution in [2.75, 3.05) is 29.0 Å². The number of amides is 1. The smallest absolute Gasteiger partial charge is 0.270 e. The quantitative estimate of drug-likeness (QED) is 0.820. The molecule has 2 aromatic carbocycles. The number of likely N-dealkylation sites (N-methyl/N-ethyl adjacent to an activating group) is 1. The van der Waals surface area contributed by atoms with Crippen molar-refractivity contribution in [1.82, 2.24) is 0 Å². The lowest BCUT2D eigenvalue weighted by Crippen LogP contribution is -2.50. The third-order valence-electron chi connectivity index (χ3n) is 4.14. The number of benzene rings is 2. The molecule has 0 fully saturated rings. The third kappa shape index (κ3) is 4.33. The second kappa shape index (κ2) is 7.11. The number of hydrogen-bond donors (Lipinski definition) is 1. The molecule has 0 spiro atoms. The summed E-state index contributed by atoms with van der Waals surface area (Å²) in [6, 6.07) is 13.9. The van der Waals surface area contributed by atoms with E-state index in [1.807, 2.05) is 18.2 Å². The van der Waals surface area contributed by atoms with E-state index < -0.39 is 15.6 Å². The minimum Gasteiger partial charge on any atom is -0.492 e. The monoisotopic (exact) mass is 390 g/mol. The molecule has 1 aliphatic heterocycles. The Morgan fingerprint density at radius 1 is 1.15 bits per heavy atom. The first kappa shape index (κ1) is 19.0. The van der Waals surface area contributed by atoms with Gasteiger partial charge in [0.2, 0.25) is 10.0 Å². The number of rotatable bonds is 6. The van der Waals surface area contributed by atoms with Crippen molar-refractivity contribution < 1.29 is 22.7 Å². The summed E-state index contributed by atoms with van der Waals surface area (Å²) in [7, 11) is -1.93. The van der Waals surface area contributed by atoms with Crippen molar-refractivity contribution in [2.45, 2.75) is 19.4 Å². The van der Waals surface area contributed by atoms with Gasteiger partial charge in [0.25, 0.3) is 5.91 Å². The Balaban J connectivity index is 1.68. The maximum atomic E-state index is 12.3. The molecule has 27 heavy (non-hydrogen) atoms. The number of ether oxygens (including phenoxy) is 2. The van der Waals surface area contributed by atoms with Gasteiger partial charge in [0.05, 0.1) is 11.4 Å². The van der Waals surface area contributed by atoms with E-state index in [0.717, 1.165) is 0 Å². The van der Waals surface area contributed by atoms with Crippen molar-refractivity contribution >= 4 is 27.3 Å². The molecule has 7 nitrogen and oxygen atoms in total. The molecule has 1 amide bonds. The van der Waals surface area contributed by atoms with Crippen LogP contribution >= 0.6 is 0 Å². The van der Waals surface area contributed by atoms with Gasteiger partial charge in [-0.3, -0.25) is 9.52 Å². The van der Waals surface area contributed by atoms with E-state index in [9.17, 15) is 13.2 Å². The molecule has 0 aromatic heterocycles. The summed E-state index contributed by atoms with van der Waals surface area (Å²) in [5.41, 5.74) is -0.0512. The van der Waals surface area contributed by atoms with E-state index in [1.165, 1.54) is 4.90 Å². The standard InChI is InChI=1S/C19H22N2O5S/c1-19(2)18(22)21(3)16-10-9-14(13-17(16)26-19)20-27(23,24)12-11-25-15-7-5-4-6-8-15/h4-10,13,20H,11-12H2,1-3H3. The van der Waals surface area contributed by atoms with Crippen LogP contribution < -0.4 is 19.1 Å². The molecule has 1 N–H and O–H groups in total.